The third-order valence-corrected chi connectivity index (χ3v) is 4.08. The lowest BCUT2D eigenvalue weighted by molar-refractivity contribution is -0.124. The van der Waals surface area contributed by atoms with E-state index in [1.807, 2.05) is 0 Å². The largest absolute Gasteiger partial charge is 0.324 e. The molecule has 126 valence electrons. The van der Waals surface area contributed by atoms with Crippen LogP contribution in [0.3, 0.4) is 0 Å². The molecule has 1 N–H and O–H groups in total. The third-order valence-electron chi connectivity index (χ3n) is 3.69. The van der Waals surface area contributed by atoms with Gasteiger partial charge in [-0.3, -0.25) is 19.2 Å². The fraction of sp³-hybridized carbons (Fsp3) is 0.111. The standard InChI is InChI=1S/C18H13ClN2O4/c1-10(22)9-14(23)20-13-8-7-12-15(16(13)19)18(25)21(17(12)24)11-5-3-2-4-6-11/h2-8H,9H2,1H3,(H,20,23). The number of amides is 3. The van der Waals surface area contributed by atoms with Crippen molar-refractivity contribution in [3.8, 4) is 0 Å². The van der Waals surface area contributed by atoms with Crippen LogP contribution in [0.25, 0.3) is 0 Å². The Morgan fingerprint density at radius 2 is 1.72 bits per heavy atom. The normalized spacial score (nSPS) is 13.0. The Bertz CT molecular complexity index is 909. The summed E-state index contributed by atoms with van der Waals surface area (Å²) in [5, 5.41) is 2.47. The first-order valence-electron chi connectivity index (χ1n) is 7.45. The van der Waals surface area contributed by atoms with Gasteiger partial charge in [0.25, 0.3) is 11.8 Å². The zero-order valence-electron chi connectivity index (χ0n) is 13.2. The van der Waals surface area contributed by atoms with E-state index in [1.54, 1.807) is 30.3 Å². The Morgan fingerprint density at radius 1 is 1.04 bits per heavy atom. The monoisotopic (exact) mass is 356 g/mol. The zero-order valence-corrected chi connectivity index (χ0v) is 14.0. The zero-order chi connectivity index (χ0) is 18.1. The fourth-order valence-electron chi connectivity index (χ4n) is 2.62. The fourth-order valence-corrected chi connectivity index (χ4v) is 2.91. The molecule has 0 saturated heterocycles. The van der Waals surface area contributed by atoms with Crippen molar-refractivity contribution >= 4 is 46.5 Å². The number of anilines is 2. The number of halogens is 1. The molecule has 0 bridgehead atoms. The van der Waals surface area contributed by atoms with Crippen LogP contribution in [-0.4, -0.2) is 23.5 Å². The number of imide groups is 1. The molecule has 3 rings (SSSR count). The van der Waals surface area contributed by atoms with Crippen LogP contribution in [0.2, 0.25) is 5.02 Å². The molecule has 7 heteroatoms. The Labute approximate surface area is 148 Å². The third kappa shape index (κ3) is 3.04. The van der Waals surface area contributed by atoms with Gasteiger partial charge in [0, 0.05) is 0 Å². The second kappa shape index (κ2) is 6.49. The number of Topliss-reactive ketones (excluding diaryl/α,β-unsaturated/α-hetero) is 1. The van der Waals surface area contributed by atoms with Crippen molar-refractivity contribution in [1.29, 1.82) is 0 Å². The van der Waals surface area contributed by atoms with Gasteiger partial charge in [-0.05, 0) is 31.2 Å². The predicted octanol–water partition coefficient (Wildman–Crippen LogP) is 3.06. The van der Waals surface area contributed by atoms with Gasteiger partial charge in [-0.2, -0.15) is 0 Å². The smallest absolute Gasteiger partial charge is 0.267 e. The summed E-state index contributed by atoms with van der Waals surface area (Å²) in [5.41, 5.74) is 0.828. The minimum Gasteiger partial charge on any atom is -0.324 e. The maximum absolute atomic E-state index is 12.7. The first-order valence-corrected chi connectivity index (χ1v) is 7.83. The van der Waals surface area contributed by atoms with Crippen molar-refractivity contribution < 1.29 is 19.2 Å². The molecule has 6 nitrogen and oxygen atoms in total. The first kappa shape index (κ1) is 16.9. The highest BCUT2D eigenvalue weighted by Gasteiger charge is 2.39. The van der Waals surface area contributed by atoms with E-state index in [9.17, 15) is 19.2 Å². The van der Waals surface area contributed by atoms with Crippen molar-refractivity contribution in [1.82, 2.24) is 0 Å². The molecule has 0 saturated carbocycles. The summed E-state index contributed by atoms with van der Waals surface area (Å²) in [6, 6.07) is 11.4. The minimum atomic E-state index is -0.557. The SMILES string of the molecule is CC(=O)CC(=O)Nc1ccc2c(c1Cl)C(=O)N(c1ccccc1)C2=O. The van der Waals surface area contributed by atoms with Crippen molar-refractivity contribution in [2.24, 2.45) is 0 Å². The summed E-state index contributed by atoms with van der Waals surface area (Å²) in [6.45, 7) is 1.30. The number of hydrogen-bond donors (Lipinski definition) is 1. The Morgan fingerprint density at radius 3 is 2.36 bits per heavy atom. The lowest BCUT2D eigenvalue weighted by atomic mass is 10.1. The number of rotatable bonds is 4. The van der Waals surface area contributed by atoms with Gasteiger partial charge in [0.15, 0.2) is 0 Å². The van der Waals surface area contributed by atoms with Crippen LogP contribution < -0.4 is 10.2 Å². The lowest BCUT2D eigenvalue weighted by Crippen LogP contribution is -2.29. The quantitative estimate of drug-likeness (QED) is 0.674. The molecule has 0 atom stereocenters. The summed E-state index contributed by atoms with van der Waals surface area (Å²) in [6.07, 6.45) is -0.295. The molecule has 0 fully saturated rings. The second-order valence-corrected chi connectivity index (χ2v) is 5.94. The number of benzene rings is 2. The van der Waals surface area contributed by atoms with Crippen molar-refractivity contribution in [2.75, 3.05) is 10.2 Å². The lowest BCUT2D eigenvalue weighted by Gasteiger charge is -2.13. The van der Waals surface area contributed by atoms with Gasteiger partial charge < -0.3 is 5.32 Å². The molecule has 0 aliphatic carbocycles. The van der Waals surface area contributed by atoms with E-state index in [1.165, 1.54) is 19.1 Å². The van der Waals surface area contributed by atoms with Crippen LogP contribution >= 0.6 is 11.6 Å². The molecular weight excluding hydrogens is 344 g/mol. The second-order valence-electron chi connectivity index (χ2n) is 5.56. The molecule has 1 aliphatic rings. The summed E-state index contributed by atoms with van der Waals surface area (Å²) in [4.78, 5) is 49.1. The van der Waals surface area contributed by atoms with Crippen LogP contribution in [0.4, 0.5) is 11.4 Å². The molecule has 0 unspecified atom stereocenters. The molecule has 1 aliphatic heterocycles. The van der Waals surface area contributed by atoms with Gasteiger partial charge in [0.05, 0.1) is 33.9 Å². The average molecular weight is 357 g/mol. The minimum absolute atomic E-state index is 0.0221. The van der Waals surface area contributed by atoms with E-state index in [0.717, 1.165) is 4.90 Å². The maximum atomic E-state index is 12.7. The van der Waals surface area contributed by atoms with E-state index in [-0.39, 0.29) is 34.0 Å². The van der Waals surface area contributed by atoms with Crippen LogP contribution in [0.1, 0.15) is 34.1 Å². The molecular formula is C18H13ClN2O4. The maximum Gasteiger partial charge on any atom is 0.267 e. The van der Waals surface area contributed by atoms with Crippen LogP contribution in [0.5, 0.6) is 0 Å². The number of carbonyl (C=O) groups is 4. The average Bonchev–Trinajstić information content (AvgIpc) is 2.81. The molecule has 2 aromatic rings. The Kier molecular flexibility index (Phi) is 4.37. The highest BCUT2D eigenvalue weighted by molar-refractivity contribution is 6.43. The molecule has 2 aromatic carbocycles. The van der Waals surface area contributed by atoms with Crippen molar-refractivity contribution in [2.45, 2.75) is 13.3 Å². The number of nitrogens with one attached hydrogen (secondary N) is 1. The highest BCUT2D eigenvalue weighted by Crippen LogP contribution is 2.36. The van der Waals surface area contributed by atoms with E-state index in [2.05, 4.69) is 5.32 Å². The molecule has 3 amide bonds. The summed E-state index contributed by atoms with van der Waals surface area (Å²) in [5.74, 6) is -1.86. The Hall–Kier alpha value is -2.99. The van der Waals surface area contributed by atoms with Gasteiger partial charge in [0.2, 0.25) is 5.91 Å². The van der Waals surface area contributed by atoms with Crippen LogP contribution in [-0.2, 0) is 9.59 Å². The molecule has 0 radical (unpaired) electrons. The van der Waals surface area contributed by atoms with E-state index >= 15 is 0 Å². The highest BCUT2D eigenvalue weighted by atomic mass is 35.5. The summed E-state index contributed by atoms with van der Waals surface area (Å²) in [7, 11) is 0. The first-order chi connectivity index (χ1) is 11.9. The molecule has 25 heavy (non-hydrogen) atoms. The molecule has 0 spiro atoms. The van der Waals surface area contributed by atoms with E-state index in [0.29, 0.717) is 5.69 Å². The molecule has 1 heterocycles. The van der Waals surface area contributed by atoms with E-state index in [4.69, 9.17) is 11.6 Å². The number of hydrogen-bond acceptors (Lipinski definition) is 4. The summed E-state index contributed by atoms with van der Waals surface area (Å²) < 4.78 is 0. The number of para-hydroxylation sites is 1. The number of carbonyl (C=O) groups excluding carboxylic acids is 4. The number of nitrogens with zero attached hydrogens (tertiary/aromatic N) is 1. The van der Waals surface area contributed by atoms with Gasteiger partial charge in [0.1, 0.15) is 5.78 Å². The van der Waals surface area contributed by atoms with E-state index < -0.39 is 17.7 Å². The van der Waals surface area contributed by atoms with Gasteiger partial charge in [-0.1, -0.05) is 29.8 Å². The number of ketones is 1. The Balaban J connectivity index is 1.97. The summed E-state index contributed by atoms with van der Waals surface area (Å²) >= 11 is 6.25. The predicted molar refractivity (Wildman–Crippen MR) is 93.0 cm³/mol. The number of fused-ring (bicyclic) bond motifs is 1. The van der Waals surface area contributed by atoms with Gasteiger partial charge in [-0.15, -0.1) is 0 Å². The van der Waals surface area contributed by atoms with Crippen molar-refractivity contribution in [3.63, 3.8) is 0 Å². The van der Waals surface area contributed by atoms with Crippen LogP contribution in [0.15, 0.2) is 42.5 Å². The van der Waals surface area contributed by atoms with Gasteiger partial charge >= 0.3 is 0 Å². The topological polar surface area (TPSA) is 83.6 Å². The van der Waals surface area contributed by atoms with Gasteiger partial charge in [-0.25, -0.2) is 4.90 Å². The van der Waals surface area contributed by atoms with Crippen LogP contribution in [0, 0.1) is 0 Å². The molecule has 0 aromatic heterocycles. The van der Waals surface area contributed by atoms with Crippen molar-refractivity contribution in [3.05, 3.63) is 58.6 Å².